The summed E-state index contributed by atoms with van der Waals surface area (Å²) in [5.41, 5.74) is 1.48. The molecule has 3 heteroatoms. The molecule has 2 aromatic rings. The highest BCUT2D eigenvalue weighted by atomic mass is 16.5. The van der Waals surface area contributed by atoms with Crippen molar-refractivity contribution < 1.29 is 9.94 Å². The average molecular weight is 213 g/mol. The van der Waals surface area contributed by atoms with Gasteiger partial charge in [0.2, 0.25) is 0 Å². The smallest absolute Gasteiger partial charge is 0.142 e. The fourth-order valence-corrected chi connectivity index (χ4v) is 2.16. The Kier molecular flexibility index (Phi) is 1.86. The molecule has 80 valence electrons. The number of benzene rings is 2. The zero-order valence-electron chi connectivity index (χ0n) is 8.84. The largest absolute Gasteiger partial charge is 0.483 e. The van der Waals surface area contributed by atoms with Crippen LogP contribution in [0.3, 0.4) is 0 Å². The van der Waals surface area contributed by atoms with Gasteiger partial charge in [-0.25, -0.2) is 0 Å². The maximum atomic E-state index is 8.96. The van der Waals surface area contributed by atoms with Crippen LogP contribution in [0.25, 0.3) is 10.8 Å². The van der Waals surface area contributed by atoms with Gasteiger partial charge in [0, 0.05) is 10.9 Å². The molecule has 16 heavy (non-hydrogen) atoms. The van der Waals surface area contributed by atoms with Crippen LogP contribution in [0, 0.1) is 0 Å². The number of oxime groups is 1. The van der Waals surface area contributed by atoms with Gasteiger partial charge in [-0.1, -0.05) is 35.5 Å². The molecule has 1 heterocycles. The Morgan fingerprint density at radius 1 is 1.19 bits per heavy atom. The number of rotatable bonds is 0. The highest BCUT2D eigenvalue weighted by Gasteiger charge is 2.28. The SMILES string of the molecule is CC1Oc2c(ccc3ccccc23)/C1=N/O. The maximum Gasteiger partial charge on any atom is 0.142 e. The van der Waals surface area contributed by atoms with E-state index in [0.29, 0.717) is 5.71 Å². The van der Waals surface area contributed by atoms with Crippen LogP contribution in [0.1, 0.15) is 12.5 Å². The normalized spacial score (nSPS) is 21.1. The first-order chi connectivity index (χ1) is 7.81. The van der Waals surface area contributed by atoms with Gasteiger partial charge in [-0.05, 0) is 18.4 Å². The minimum Gasteiger partial charge on any atom is -0.483 e. The van der Waals surface area contributed by atoms with Crippen LogP contribution in [0.4, 0.5) is 0 Å². The zero-order valence-corrected chi connectivity index (χ0v) is 8.84. The molecule has 0 saturated carbocycles. The van der Waals surface area contributed by atoms with Gasteiger partial charge in [0.15, 0.2) is 0 Å². The number of nitrogens with zero attached hydrogens (tertiary/aromatic N) is 1. The van der Waals surface area contributed by atoms with Crippen molar-refractivity contribution >= 4 is 16.5 Å². The predicted octanol–water partition coefficient (Wildman–Crippen LogP) is 2.80. The summed E-state index contributed by atoms with van der Waals surface area (Å²) >= 11 is 0. The molecule has 0 bridgehead atoms. The van der Waals surface area contributed by atoms with E-state index in [1.165, 1.54) is 0 Å². The van der Waals surface area contributed by atoms with Crippen molar-refractivity contribution in [1.82, 2.24) is 0 Å². The topological polar surface area (TPSA) is 41.8 Å². The molecule has 3 rings (SSSR count). The second-order valence-electron chi connectivity index (χ2n) is 3.91. The minimum atomic E-state index is -0.189. The van der Waals surface area contributed by atoms with E-state index in [4.69, 9.17) is 9.94 Å². The van der Waals surface area contributed by atoms with Crippen molar-refractivity contribution in [2.75, 3.05) is 0 Å². The van der Waals surface area contributed by atoms with Gasteiger partial charge in [0.1, 0.15) is 17.6 Å². The number of hydrogen-bond acceptors (Lipinski definition) is 3. The lowest BCUT2D eigenvalue weighted by atomic mass is 10.0. The van der Waals surface area contributed by atoms with Gasteiger partial charge in [0.25, 0.3) is 0 Å². The van der Waals surface area contributed by atoms with Gasteiger partial charge in [-0.2, -0.15) is 0 Å². The summed E-state index contributed by atoms with van der Waals surface area (Å²) in [5, 5.41) is 14.5. The van der Waals surface area contributed by atoms with E-state index in [1.807, 2.05) is 43.3 Å². The van der Waals surface area contributed by atoms with Crippen molar-refractivity contribution in [3.05, 3.63) is 42.0 Å². The molecule has 0 aliphatic carbocycles. The summed E-state index contributed by atoms with van der Waals surface area (Å²) in [6, 6.07) is 12.0. The molecule has 1 aliphatic heterocycles. The second-order valence-corrected chi connectivity index (χ2v) is 3.91. The molecule has 1 aliphatic rings. The molecule has 2 aromatic carbocycles. The van der Waals surface area contributed by atoms with E-state index in [-0.39, 0.29) is 6.10 Å². The number of hydrogen-bond donors (Lipinski definition) is 1. The van der Waals surface area contributed by atoms with Gasteiger partial charge in [-0.15, -0.1) is 0 Å². The fourth-order valence-electron chi connectivity index (χ4n) is 2.16. The van der Waals surface area contributed by atoms with Crippen molar-refractivity contribution in [2.24, 2.45) is 5.16 Å². The first kappa shape index (κ1) is 9.21. The molecule has 0 amide bonds. The number of ether oxygens (including phenoxy) is 1. The third kappa shape index (κ3) is 1.11. The highest BCUT2D eigenvalue weighted by molar-refractivity contribution is 6.12. The molecular weight excluding hydrogens is 202 g/mol. The molecule has 0 fully saturated rings. The summed E-state index contributed by atoms with van der Waals surface area (Å²) in [6.07, 6.45) is -0.189. The molecule has 1 atom stereocenters. The van der Waals surface area contributed by atoms with Gasteiger partial charge < -0.3 is 9.94 Å². The van der Waals surface area contributed by atoms with E-state index >= 15 is 0 Å². The van der Waals surface area contributed by atoms with Crippen molar-refractivity contribution in [3.63, 3.8) is 0 Å². The Morgan fingerprint density at radius 3 is 2.81 bits per heavy atom. The molecule has 1 N–H and O–H groups in total. The molecule has 3 nitrogen and oxygen atoms in total. The Labute approximate surface area is 93.0 Å². The minimum absolute atomic E-state index is 0.189. The third-order valence-corrected chi connectivity index (χ3v) is 2.94. The van der Waals surface area contributed by atoms with Crippen LogP contribution < -0.4 is 4.74 Å². The first-order valence-corrected chi connectivity index (χ1v) is 5.22. The average Bonchev–Trinajstić information content (AvgIpc) is 2.65. The van der Waals surface area contributed by atoms with E-state index < -0.39 is 0 Å². The van der Waals surface area contributed by atoms with Crippen LogP contribution in [0.15, 0.2) is 41.6 Å². The van der Waals surface area contributed by atoms with Gasteiger partial charge in [-0.3, -0.25) is 0 Å². The quantitative estimate of drug-likeness (QED) is 0.540. The van der Waals surface area contributed by atoms with Crippen LogP contribution in [-0.2, 0) is 0 Å². The lowest BCUT2D eigenvalue weighted by Gasteiger charge is -2.05. The lowest BCUT2D eigenvalue weighted by molar-refractivity contribution is 0.285. The van der Waals surface area contributed by atoms with Gasteiger partial charge >= 0.3 is 0 Å². The second kappa shape index (κ2) is 3.23. The molecule has 1 unspecified atom stereocenters. The fraction of sp³-hybridized carbons (Fsp3) is 0.154. The maximum absolute atomic E-state index is 8.96. The summed E-state index contributed by atoms with van der Waals surface area (Å²) in [7, 11) is 0. The van der Waals surface area contributed by atoms with Gasteiger partial charge in [0.05, 0.1) is 0 Å². The third-order valence-electron chi connectivity index (χ3n) is 2.94. The summed E-state index contributed by atoms with van der Waals surface area (Å²) < 4.78 is 5.73. The Balaban J connectivity index is 2.35. The Bertz CT molecular complexity index is 590. The Morgan fingerprint density at radius 2 is 2.00 bits per heavy atom. The van der Waals surface area contributed by atoms with E-state index in [9.17, 15) is 0 Å². The molecule has 0 spiro atoms. The van der Waals surface area contributed by atoms with Crippen LogP contribution in [-0.4, -0.2) is 17.0 Å². The van der Waals surface area contributed by atoms with Crippen molar-refractivity contribution in [3.8, 4) is 5.75 Å². The van der Waals surface area contributed by atoms with E-state index in [2.05, 4.69) is 5.16 Å². The van der Waals surface area contributed by atoms with Crippen molar-refractivity contribution in [1.29, 1.82) is 0 Å². The zero-order chi connectivity index (χ0) is 11.1. The predicted molar refractivity (Wildman–Crippen MR) is 62.4 cm³/mol. The Hall–Kier alpha value is -2.03. The summed E-state index contributed by atoms with van der Waals surface area (Å²) in [5.74, 6) is 0.818. The van der Waals surface area contributed by atoms with E-state index in [0.717, 1.165) is 22.1 Å². The monoisotopic (exact) mass is 213 g/mol. The van der Waals surface area contributed by atoms with Crippen molar-refractivity contribution in [2.45, 2.75) is 13.0 Å². The summed E-state index contributed by atoms with van der Waals surface area (Å²) in [4.78, 5) is 0. The molecule has 0 saturated heterocycles. The van der Waals surface area contributed by atoms with E-state index in [1.54, 1.807) is 0 Å². The first-order valence-electron chi connectivity index (χ1n) is 5.22. The lowest BCUT2D eigenvalue weighted by Crippen LogP contribution is -2.16. The molecular formula is C13H11NO2. The van der Waals surface area contributed by atoms with Crippen LogP contribution in [0.5, 0.6) is 5.75 Å². The number of fused-ring (bicyclic) bond motifs is 3. The van der Waals surface area contributed by atoms with Crippen LogP contribution >= 0.6 is 0 Å². The van der Waals surface area contributed by atoms with Crippen LogP contribution in [0.2, 0.25) is 0 Å². The highest BCUT2D eigenvalue weighted by Crippen LogP contribution is 2.36. The standard InChI is InChI=1S/C13H11NO2/c1-8-12(14-15)11-7-6-9-4-2-3-5-10(9)13(11)16-8/h2-8,15H,1H3/b14-12+. The summed E-state index contributed by atoms with van der Waals surface area (Å²) in [6.45, 7) is 1.88. The molecule has 0 aromatic heterocycles. The molecule has 0 radical (unpaired) electrons.